The maximum atomic E-state index is 13.8. The summed E-state index contributed by atoms with van der Waals surface area (Å²) in [6.45, 7) is 0. The fourth-order valence-electron chi connectivity index (χ4n) is 7.23. The average Bonchev–Trinajstić information content (AvgIpc) is 3.81. The summed E-state index contributed by atoms with van der Waals surface area (Å²) in [5.74, 6) is -1.11. The fraction of sp³-hybridized carbons (Fsp3) is 0.371. The Morgan fingerprint density at radius 1 is 0.978 bits per heavy atom. The Morgan fingerprint density at radius 2 is 1.74 bits per heavy atom. The number of aromatic nitrogens is 3. The first-order valence-electron chi connectivity index (χ1n) is 15.8. The van der Waals surface area contributed by atoms with Crippen LogP contribution in [0.5, 0.6) is 0 Å². The lowest BCUT2D eigenvalue weighted by Gasteiger charge is -2.40. The number of benzene rings is 2. The SMILES string of the molecule is CN(C)c1nc(-c2c(C3CCCC3)c3ccc(C(=O)NC4(C(=O)Nc5ccc6c(c5)cc(C(=O)O)n6C)CCC4)cc3n2C)cs1. The summed E-state index contributed by atoms with van der Waals surface area (Å²) in [5, 5.41) is 20.5. The minimum atomic E-state index is -1.01. The molecule has 238 valence electrons. The highest BCUT2D eigenvalue weighted by atomic mass is 32.1. The highest BCUT2D eigenvalue weighted by Crippen LogP contribution is 2.45. The van der Waals surface area contributed by atoms with Gasteiger partial charge in [-0.3, -0.25) is 9.59 Å². The predicted molar refractivity (Wildman–Crippen MR) is 182 cm³/mol. The molecule has 0 radical (unpaired) electrons. The molecule has 0 saturated heterocycles. The molecule has 2 aliphatic carbocycles. The van der Waals surface area contributed by atoms with Gasteiger partial charge in [0.15, 0.2) is 5.13 Å². The Morgan fingerprint density at radius 3 is 2.39 bits per heavy atom. The van der Waals surface area contributed by atoms with Gasteiger partial charge in [-0.15, -0.1) is 11.3 Å². The van der Waals surface area contributed by atoms with Crippen LogP contribution in [-0.2, 0) is 18.9 Å². The van der Waals surface area contributed by atoms with E-state index in [-0.39, 0.29) is 17.5 Å². The minimum Gasteiger partial charge on any atom is -0.477 e. The van der Waals surface area contributed by atoms with Crippen molar-refractivity contribution in [1.82, 2.24) is 19.4 Å². The maximum Gasteiger partial charge on any atom is 0.352 e. The molecular weight excluding hydrogens is 600 g/mol. The molecule has 2 aromatic carbocycles. The largest absolute Gasteiger partial charge is 0.477 e. The van der Waals surface area contributed by atoms with Crippen LogP contribution in [0.15, 0.2) is 47.8 Å². The summed E-state index contributed by atoms with van der Waals surface area (Å²) in [4.78, 5) is 45.9. The molecule has 3 aromatic heterocycles. The molecule has 2 aliphatic rings. The van der Waals surface area contributed by atoms with Crippen LogP contribution < -0.4 is 15.5 Å². The van der Waals surface area contributed by atoms with Gasteiger partial charge in [-0.05, 0) is 80.0 Å². The summed E-state index contributed by atoms with van der Waals surface area (Å²) >= 11 is 1.63. The predicted octanol–water partition coefficient (Wildman–Crippen LogP) is 6.51. The van der Waals surface area contributed by atoms with E-state index in [4.69, 9.17) is 4.98 Å². The molecule has 11 heteroatoms. The number of carboxylic acid groups (broad SMARTS) is 1. The number of fused-ring (bicyclic) bond motifs is 2. The quantitative estimate of drug-likeness (QED) is 0.178. The Labute approximate surface area is 271 Å². The number of carbonyl (C=O) groups excluding carboxylic acids is 2. The van der Waals surface area contributed by atoms with E-state index >= 15 is 0 Å². The molecular formula is C35H38N6O4S. The van der Waals surface area contributed by atoms with E-state index in [0.29, 0.717) is 35.4 Å². The topological polar surface area (TPSA) is 121 Å². The van der Waals surface area contributed by atoms with Crippen LogP contribution in [0.2, 0.25) is 0 Å². The van der Waals surface area contributed by atoms with Crippen molar-refractivity contribution in [2.24, 2.45) is 14.1 Å². The molecule has 3 N–H and O–H groups in total. The number of aromatic carboxylic acids is 1. The van der Waals surface area contributed by atoms with Gasteiger partial charge in [-0.25, -0.2) is 9.78 Å². The van der Waals surface area contributed by atoms with Crippen molar-refractivity contribution in [2.45, 2.75) is 56.4 Å². The molecule has 46 heavy (non-hydrogen) atoms. The number of nitrogens with one attached hydrogen (secondary N) is 2. The van der Waals surface area contributed by atoms with Crippen molar-refractivity contribution in [3.63, 3.8) is 0 Å². The van der Waals surface area contributed by atoms with E-state index in [2.05, 4.69) is 33.7 Å². The first kappa shape index (κ1) is 30.0. The van der Waals surface area contributed by atoms with Crippen molar-refractivity contribution < 1.29 is 19.5 Å². The van der Waals surface area contributed by atoms with E-state index in [1.165, 1.54) is 18.4 Å². The molecule has 0 bridgehead atoms. The molecule has 5 aromatic rings. The van der Waals surface area contributed by atoms with Gasteiger partial charge >= 0.3 is 5.97 Å². The third-order valence-corrected chi connectivity index (χ3v) is 10.9. The molecule has 7 rings (SSSR count). The number of nitrogens with zero attached hydrogens (tertiary/aromatic N) is 4. The van der Waals surface area contributed by atoms with E-state index < -0.39 is 11.5 Å². The highest BCUT2D eigenvalue weighted by molar-refractivity contribution is 7.14. The van der Waals surface area contributed by atoms with Crippen LogP contribution in [0, 0.1) is 0 Å². The molecule has 0 unspecified atom stereocenters. The number of hydrogen-bond donors (Lipinski definition) is 3. The molecule has 3 heterocycles. The maximum absolute atomic E-state index is 13.8. The van der Waals surface area contributed by atoms with Gasteiger partial charge in [0.1, 0.15) is 16.9 Å². The second kappa shape index (κ2) is 11.3. The molecule has 2 saturated carbocycles. The van der Waals surface area contributed by atoms with Crippen molar-refractivity contribution in [2.75, 3.05) is 24.3 Å². The number of thiazole rings is 1. The first-order valence-corrected chi connectivity index (χ1v) is 16.7. The lowest BCUT2D eigenvalue weighted by molar-refractivity contribution is -0.125. The van der Waals surface area contributed by atoms with Gasteiger partial charge in [0.2, 0.25) is 5.91 Å². The number of carbonyl (C=O) groups is 3. The normalized spacial score (nSPS) is 16.1. The summed E-state index contributed by atoms with van der Waals surface area (Å²) in [6.07, 6.45) is 6.65. The van der Waals surface area contributed by atoms with Crippen LogP contribution in [-0.4, -0.2) is 56.6 Å². The fourth-order valence-corrected chi connectivity index (χ4v) is 7.98. The zero-order valence-corrected chi connectivity index (χ0v) is 27.3. The third kappa shape index (κ3) is 4.93. The number of rotatable bonds is 8. The Hall–Kier alpha value is -4.64. The van der Waals surface area contributed by atoms with Crippen molar-refractivity contribution in [1.29, 1.82) is 0 Å². The van der Waals surface area contributed by atoms with Crippen molar-refractivity contribution >= 4 is 61.7 Å². The third-order valence-electron chi connectivity index (χ3n) is 9.90. The Kier molecular flexibility index (Phi) is 7.38. The van der Waals surface area contributed by atoms with Crippen LogP contribution in [0.3, 0.4) is 0 Å². The summed E-state index contributed by atoms with van der Waals surface area (Å²) in [5.41, 5.74) is 5.35. The molecule has 0 aliphatic heterocycles. The van der Waals surface area contributed by atoms with Gasteiger partial charge in [-0.1, -0.05) is 18.9 Å². The molecule has 0 atom stereocenters. The zero-order valence-electron chi connectivity index (χ0n) is 26.5. The standard InChI is InChI=1S/C35H38N6O4S/c1-39(2)34-37-25(19-46-34)30-29(20-8-5-6-9-20)24-12-10-21(17-27(24)41(30)4)31(42)38-35(14-7-15-35)33(45)36-23-11-13-26-22(16-23)18-28(32(43)44)40(26)3/h10-13,16-20H,5-9,14-15H2,1-4H3,(H,36,45)(H,38,42)(H,43,44). The number of aryl methyl sites for hydroxylation is 2. The van der Waals surface area contributed by atoms with Gasteiger partial charge in [0, 0.05) is 66.6 Å². The van der Waals surface area contributed by atoms with Crippen molar-refractivity contribution in [3.05, 3.63) is 64.7 Å². The van der Waals surface area contributed by atoms with Gasteiger partial charge < -0.3 is 29.8 Å². The van der Waals surface area contributed by atoms with Crippen LogP contribution in [0.1, 0.15) is 77.3 Å². The van der Waals surface area contributed by atoms with Crippen LogP contribution >= 0.6 is 11.3 Å². The van der Waals surface area contributed by atoms with Gasteiger partial charge in [0.25, 0.3) is 5.91 Å². The average molecular weight is 639 g/mol. The lowest BCUT2D eigenvalue weighted by atomic mass is 9.75. The summed E-state index contributed by atoms with van der Waals surface area (Å²) in [7, 11) is 7.75. The zero-order chi connectivity index (χ0) is 32.3. The van der Waals surface area contributed by atoms with E-state index in [9.17, 15) is 19.5 Å². The van der Waals surface area contributed by atoms with E-state index in [1.807, 2.05) is 31.1 Å². The molecule has 0 spiro atoms. The Bertz CT molecular complexity index is 2030. The van der Waals surface area contributed by atoms with E-state index in [1.54, 1.807) is 47.2 Å². The monoisotopic (exact) mass is 638 g/mol. The second-order valence-corrected chi connectivity index (χ2v) is 13.8. The van der Waals surface area contributed by atoms with Gasteiger partial charge in [-0.2, -0.15) is 0 Å². The Balaban J connectivity index is 1.17. The minimum absolute atomic E-state index is 0.170. The molecule has 2 fully saturated rings. The second-order valence-electron chi connectivity index (χ2n) is 13.0. The molecule has 2 amide bonds. The summed E-state index contributed by atoms with van der Waals surface area (Å²) in [6, 6.07) is 12.8. The lowest BCUT2D eigenvalue weighted by Crippen LogP contribution is -2.61. The van der Waals surface area contributed by atoms with Gasteiger partial charge in [0.05, 0.1) is 5.69 Å². The van der Waals surface area contributed by atoms with Crippen LogP contribution in [0.4, 0.5) is 10.8 Å². The number of carboxylic acids is 1. The summed E-state index contributed by atoms with van der Waals surface area (Å²) < 4.78 is 3.79. The first-order chi connectivity index (χ1) is 22.1. The number of anilines is 2. The number of hydrogen-bond acceptors (Lipinski definition) is 6. The smallest absolute Gasteiger partial charge is 0.352 e. The highest BCUT2D eigenvalue weighted by Gasteiger charge is 2.45. The van der Waals surface area contributed by atoms with E-state index in [0.717, 1.165) is 52.2 Å². The van der Waals surface area contributed by atoms with Crippen molar-refractivity contribution in [3.8, 4) is 11.4 Å². The van der Waals surface area contributed by atoms with Crippen LogP contribution in [0.25, 0.3) is 33.2 Å². The number of amides is 2. The molecule has 10 nitrogen and oxygen atoms in total.